The minimum Gasteiger partial charge on any atom is -0.381 e. The number of ether oxygens (including phenoxy) is 1. The van der Waals surface area contributed by atoms with Crippen molar-refractivity contribution >= 4 is 11.8 Å². The van der Waals surface area contributed by atoms with Crippen LogP contribution in [0.5, 0.6) is 0 Å². The largest absolute Gasteiger partial charge is 0.381 e. The van der Waals surface area contributed by atoms with Gasteiger partial charge in [0.05, 0.1) is 0 Å². The number of rotatable bonds is 5. The fourth-order valence-electron chi connectivity index (χ4n) is 3.06. The molecule has 0 unspecified atom stereocenters. The van der Waals surface area contributed by atoms with Crippen molar-refractivity contribution in [2.45, 2.75) is 56.9 Å². The van der Waals surface area contributed by atoms with Gasteiger partial charge in [0, 0.05) is 19.6 Å². The molecule has 0 radical (unpaired) electrons. The number of hydrogen-bond donors (Lipinski definition) is 2. The molecular formula is C14H24N2O3. The summed E-state index contributed by atoms with van der Waals surface area (Å²) in [7, 11) is 0. The molecule has 19 heavy (non-hydrogen) atoms. The van der Waals surface area contributed by atoms with E-state index in [9.17, 15) is 9.59 Å². The van der Waals surface area contributed by atoms with Crippen molar-refractivity contribution in [3.63, 3.8) is 0 Å². The standard InChI is InChI=1S/C14H24N2O3/c15-13(18)14(7-2-1-3-8-14)16-12(17)5-4-11-6-9-19-10-11/h11H,1-10H2,(H2,15,18)(H,16,17)/t11-/m0/s1. The average molecular weight is 268 g/mol. The molecule has 0 spiro atoms. The van der Waals surface area contributed by atoms with Gasteiger partial charge >= 0.3 is 0 Å². The molecule has 2 amide bonds. The van der Waals surface area contributed by atoms with E-state index in [1.807, 2.05) is 0 Å². The maximum Gasteiger partial charge on any atom is 0.243 e. The predicted octanol–water partition coefficient (Wildman–Crippen LogP) is 1.11. The summed E-state index contributed by atoms with van der Waals surface area (Å²) in [4.78, 5) is 23.7. The zero-order chi connectivity index (χ0) is 13.7. The van der Waals surface area contributed by atoms with Gasteiger partial charge in [0.25, 0.3) is 0 Å². The summed E-state index contributed by atoms with van der Waals surface area (Å²) in [5.74, 6) is 0.0546. The van der Waals surface area contributed by atoms with Crippen molar-refractivity contribution < 1.29 is 14.3 Å². The first-order chi connectivity index (χ1) is 9.12. The third-order valence-electron chi connectivity index (χ3n) is 4.36. The van der Waals surface area contributed by atoms with E-state index in [-0.39, 0.29) is 11.8 Å². The van der Waals surface area contributed by atoms with Crippen LogP contribution in [0.2, 0.25) is 0 Å². The molecule has 0 aromatic rings. The zero-order valence-electron chi connectivity index (χ0n) is 11.5. The number of carbonyl (C=O) groups excluding carboxylic acids is 2. The van der Waals surface area contributed by atoms with Crippen LogP contribution in [0, 0.1) is 5.92 Å². The van der Waals surface area contributed by atoms with E-state index in [1.54, 1.807) is 0 Å². The quantitative estimate of drug-likeness (QED) is 0.783. The van der Waals surface area contributed by atoms with Crippen LogP contribution in [0.1, 0.15) is 51.4 Å². The van der Waals surface area contributed by atoms with Gasteiger partial charge in [0.2, 0.25) is 11.8 Å². The van der Waals surface area contributed by atoms with E-state index in [0.717, 1.165) is 45.3 Å². The molecule has 2 rings (SSSR count). The third-order valence-corrected chi connectivity index (χ3v) is 4.36. The first-order valence-corrected chi connectivity index (χ1v) is 7.31. The topological polar surface area (TPSA) is 81.4 Å². The molecular weight excluding hydrogens is 244 g/mol. The van der Waals surface area contributed by atoms with Crippen molar-refractivity contribution in [2.24, 2.45) is 11.7 Å². The second-order valence-corrected chi connectivity index (χ2v) is 5.82. The number of primary amides is 1. The molecule has 1 atom stereocenters. The van der Waals surface area contributed by atoms with Crippen LogP contribution >= 0.6 is 0 Å². The molecule has 108 valence electrons. The van der Waals surface area contributed by atoms with Gasteiger partial charge < -0.3 is 15.8 Å². The highest BCUT2D eigenvalue weighted by Crippen LogP contribution is 2.28. The van der Waals surface area contributed by atoms with Crippen LogP contribution in [0.3, 0.4) is 0 Å². The summed E-state index contributed by atoms with van der Waals surface area (Å²) < 4.78 is 5.29. The van der Waals surface area contributed by atoms with Gasteiger partial charge in [-0.1, -0.05) is 19.3 Å². The molecule has 5 heteroatoms. The molecule has 0 aromatic heterocycles. The van der Waals surface area contributed by atoms with Crippen molar-refractivity contribution in [2.75, 3.05) is 13.2 Å². The van der Waals surface area contributed by atoms with E-state index >= 15 is 0 Å². The first kappa shape index (κ1) is 14.3. The molecule has 2 aliphatic rings. The minimum absolute atomic E-state index is 0.0485. The number of nitrogens with one attached hydrogen (secondary N) is 1. The number of nitrogens with two attached hydrogens (primary N) is 1. The van der Waals surface area contributed by atoms with Crippen LogP contribution in [-0.4, -0.2) is 30.6 Å². The SMILES string of the molecule is NC(=O)C1(NC(=O)CC[C@H]2CCOC2)CCCCC1. The van der Waals surface area contributed by atoms with Gasteiger partial charge in [0.15, 0.2) is 0 Å². The lowest BCUT2D eigenvalue weighted by Crippen LogP contribution is -2.58. The molecule has 1 aliphatic heterocycles. The van der Waals surface area contributed by atoms with Crippen molar-refractivity contribution in [1.82, 2.24) is 5.32 Å². The molecule has 1 heterocycles. The summed E-state index contributed by atoms with van der Waals surface area (Å²) in [5, 5.41) is 2.90. The highest BCUT2D eigenvalue weighted by atomic mass is 16.5. The second-order valence-electron chi connectivity index (χ2n) is 5.82. The molecule has 3 N–H and O–H groups in total. The Morgan fingerprint density at radius 1 is 1.26 bits per heavy atom. The Bertz CT molecular complexity index is 332. The monoisotopic (exact) mass is 268 g/mol. The maximum absolute atomic E-state index is 12.0. The second kappa shape index (κ2) is 6.37. The first-order valence-electron chi connectivity index (χ1n) is 7.31. The Labute approximate surface area is 114 Å². The van der Waals surface area contributed by atoms with Gasteiger partial charge in [-0.2, -0.15) is 0 Å². The van der Waals surface area contributed by atoms with Gasteiger partial charge in [-0.3, -0.25) is 9.59 Å². The minimum atomic E-state index is -0.790. The number of hydrogen-bond acceptors (Lipinski definition) is 3. The molecule has 1 saturated heterocycles. The normalized spacial score (nSPS) is 26.0. The van der Waals surface area contributed by atoms with E-state index in [2.05, 4.69) is 5.32 Å². The molecule has 1 aliphatic carbocycles. The maximum atomic E-state index is 12.0. The third kappa shape index (κ3) is 3.69. The van der Waals surface area contributed by atoms with Gasteiger partial charge in [-0.15, -0.1) is 0 Å². The Hall–Kier alpha value is -1.10. The van der Waals surface area contributed by atoms with Crippen LogP contribution < -0.4 is 11.1 Å². The average Bonchev–Trinajstić information content (AvgIpc) is 2.90. The van der Waals surface area contributed by atoms with E-state index in [1.165, 1.54) is 0 Å². The van der Waals surface area contributed by atoms with Crippen molar-refractivity contribution in [3.8, 4) is 0 Å². The van der Waals surface area contributed by atoms with E-state index in [4.69, 9.17) is 10.5 Å². The highest BCUT2D eigenvalue weighted by Gasteiger charge is 2.39. The Morgan fingerprint density at radius 3 is 2.58 bits per heavy atom. The zero-order valence-corrected chi connectivity index (χ0v) is 11.5. The Morgan fingerprint density at radius 2 is 2.00 bits per heavy atom. The molecule has 0 bridgehead atoms. The molecule has 5 nitrogen and oxygen atoms in total. The summed E-state index contributed by atoms with van der Waals surface area (Å²) in [6, 6.07) is 0. The van der Waals surface area contributed by atoms with Crippen LogP contribution in [0.25, 0.3) is 0 Å². The summed E-state index contributed by atoms with van der Waals surface area (Å²) in [5.41, 5.74) is 4.70. The number of carbonyl (C=O) groups is 2. The van der Waals surface area contributed by atoms with Crippen LogP contribution in [0.15, 0.2) is 0 Å². The van der Waals surface area contributed by atoms with Gasteiger partial charge in [-0.25, -0.2) is 0 Å². The molecule has 1 saturated carbocycles. The Balaban J connectivity index is 1.82. The summed E-state index contributed by atoms with van der Waals surface area (Å²) >= 11 is 0. The smallest absolute Gasteiger partial charge is 0.243 e. The number of amides is 2. The predicted molar refractivity (Wildman–Crippen MR) is 71.3 cm³/mol. The lowest BCUT2D eigenvalue weighted by atomic mass is 9.81. The van der Waals surface area contributed by atoms with Gasteiger partial charge in [-0.05, 0) is 31.6 Å². The van der Waals surface area contributed by atoms with Crippen molar-refractivity contribution in [3.05, 3.63) is 0 Å². The summed E-state index contributed by atoms with van der Waals surface area (Å²) in [6.45, 7) is 1.56. The lowest BCUT2D eigenvalue weighted by molar-refractivity contribution is -0.133. The Kier molecular flexibility index (Phi) is 4.80. The fraction of sp³-hybridized carbons (Fsp3) is 0.857. The van der Waals surface area contributed by atoms with Crippen LogP contribution in [0.4, 0.5) is 0 Å². The lowest BCUT2D eigenvalue weighted by Gasteiger charge is -2.35. The van der Waals surface area contributed by atoms with Crippen LogP contribution in [-0.2, 0) is 14.3 Å². The fourth-order valence-corrected chi connectivity index (χ4v) is 3.06. The molecule has 0 aromatic carbocycles. The summed E-state index contributed by atoms with van der Waals surface area (Å²) in [6.07, 6.45) is 6.73. The van der Waals surface area contributed by atoms with Crippen molar-refractivity contribution in [1.29, 1.82) is 0 Å². The van der Waals surface area contributed by atoms with E-state index < -0.39 is 5.54 Å². The van der Waals surface area contributed by atoms with E-state index in [0.29, 0.717) is 25.2 Å². The highest BCUT2D eigenvalue weighted by molar-refractivity contribution is 5.90. The van der Waals surface area contributed by atoms with Gasteiger partial charge in [0.1, 0.15) is 5.54 Å². The molecule has 2 fully saturated rings.